The Kier molecular flexibility index (Phi) is 3.53. The second-order valence-corrected chi connectivity index (χ2v) is 2.88. The Morgan fingerprint density at radius 1 is 1.46 bits per heavy atom. The molecule has 0 atom stereocenters. The van der Waals surface area contributed by atoms with Crippen molar-refractivity contribution < 1.29 is 4.79 Å². The van der Waals surface area contributed by atoms with Gasteiger partial charge in [0, 0.05) is 18.1 Å². The predicted octanol–water partition coefficient (Wildman–Crippen LogP) is 2.10. The summed E-state index contributed by atoms with van der Waals surface area (Å²) in [6.07, 6.45) is 3.13. The van der Waals surface area contributed by atoms with Gasteiger partial charge in [-0.05, 0) is 17.7 Å². The molecule has 0 aliphatic heterocycles. The Morgan fingerprint density at radius 2 is 2.15 bits per heavy atom. The molecule has 0 aliphatic carbocycles. The molecule has 3 heteroatoms. The lowest BCUT2D eigenvalue weighted by Gasteiger charge is -1.95. The molecule has 0 aromatic heterocycles. The van der Waals surface area contributed by atoms with Crippen LogP contribution < -0.4 is 5.32 Å². The molecule has 0 fully saturated rings. The van der Waals surface area contributed by atoms with Crippen molar-refractivity contribution in [3.63, 3.8) is 0 Å². The topological polar surface area (TPSA) is 29.1 Å². The molecule has 0 aliphatic rings. The third-order valence-electron chi connectivity index (χ3n) is 1.57. The summed E-state index contributed by atoms with van der Waals surface area (Å²) in [6.45, 7) is 0. The molecule has 0 spiro atoms. The largest absolute Gasteiger partial charge is 0.356 e. The Hall–Kier alpha value is -1.28. The number of carbonyl (C=O) groups excluding carboxylic acids is 1. The smallest absolute Gasteiger partial charge is 0.243 e. The molecule has 1 N–H and O–H groups in total. The van der Waals surface area contributed by atoms with Crippen LogP contribution >= 0.6 is 11.6 Å². The van der Waals surface area contributed by atoms with Gasteiger partial charge in [0.15, 0.2) is 0 Å². The SMILES string of the molecule is CNC(=O)/C=C\c1ccccc1Cl. The van der Waals surface area contributed by atoms with Gasteiger partial charge >= 0.3 is 0 Å². The quantitative estimate of drug-likeness (QED) is 0.720. The molecule has 2 nitrogen and oxygen atoms in total. The van der Waals surface area contributed by atoms with E-state index in [2.05, 4.69) is 5.32 Å². The monoisotopic (exact) mass is 195 g/mol. The Balaban J connectivity index is 2.80. The van der Waals surface area contributed by atoms with E-state index in [0.717, 1.165) is 5.56 Å². The Labute approximate surface area is 82.2 Å². The lowest BCUT2D eigenvalue weighted by Crippen LogP contribution is -2.13. The summed E-state index contributed by atoms with van der Waals surface area (Å²) in [5.74, 6) is -0.139. The number of benzene rings is 1. The summed E-state index contributed by atoms with van der Waals surface area (Å²) in [7, 11) is 1.58. The van der Waals surface area contributed by atoms with E-state index in [-0.39, 0.29) is 5.91 Å². The van der Waals surface area contributed by atoms with Crippen LogP contribution in [-0.2, 0) is 4.79 Å². The van der Waals surface area contributed by atoms with Crippen LogP contribution in [0.3, 0.4) is 0 Å². The number of amides is 1. The normalized spacial score (nSPS) is 10.3. The van der Waals surface area contributed by atoms with Crippen LogP contribution in [0.1, 0.15) is 5.56 Å². The zero-order chi connectivity index (χ0) is 9.68. The molecule has 0 saturated carbocycles. The van der Waals surface area contributed by atoms with Gasteiger partial charge in [-0.25, -0.2) is 0 Å². The number of halogens is 1. The van der Waals surface area contributed by atoms with Crippen LogP contribution in [0.25, 0.3) is 6.08 Å². The summed E-state index contributed by atoms with van der Waals surface area (Å²) >= 11 is 5.87. The van der Waals surface area contributed by atoms with Crippen molar-refractivity contribution in [3.05, 3.63) is 40.9 Å². The molecule has 13 heavy (non-hydrogen) atoms. The van der Waals surface area contributed by atoms with Crippen molar-refractivity contribution >= 4 is 23.6 Å². The van der Waals surface area contributed by atoms with Crippen molar-refractivity contribution in [2.75, 3.05) is 7.05 Å². The Morgan fingerprint density at radius 3 is 2.77 bits per heavy atom. The average Bonchev–Trinajstić information content (AvgIpc) is 2.16. The average molecular weight is 196 g/mol. The molecule has 0 bridgehead atoms. The van der Waals surface area contributed by atoms with Crippen LogP contribution in [0.4, 0.5) is 0 Å². The first-order valence-electron chi connectivity index (χ1n) is 3.88. The van der Waals surface area contributed by atoms with Gasteiger partial charge < -0.3 is 5.32 Å². The van der Waals surface area contributed by atoms with E-state index in [4.69, 9.17) is 11.6 Å². The van der Waals surface area contributed by atoms with Crippen molar-refractivity contribution in [1.82, 2.24) is 5.32 Å². The standard InChI is InChI=1S/C10H10ClNO/c1-12-10(13)7-6-8-4-2-3-5-9(8)11/h2-7H,1H3,(H,12,13)/b7-6-. The van der Waals surface area contributed by atoms with Gasteiger partial charge in [-0.3, -0.25) is 4.79 Å². The van der Waals surface area contributed by atoms with Gasteiger partial charge in [-0.15, -0.1) is 0 Å². The Bertz CT molecular complexity index is 333. The maximum absolute atomic E-state index is 10.9. The molecule has 1 aromatic carbocycles. The van der Waals surface area contributed by atoms with Crippen molar-refractivity contribution in [1.29, 1.82) is 0 Å². The van der Waals surface area contributed by atoms with Gasteiger partial charge in [-0.2, -0.15) is 0 Å². The molecule has 0 saturated heterocycles. The number of rotatable bonds is 2. The van der Waals surface area contributed by atoms with Gasteiger partial charge in [-0.1, -0.05) is 29.8 Å². The predicted molar refractivity (Wildman–Crippen MR) is 54.6 cm³/mol. The van der Waals surface area contributed by atoms with Crippen LogP contribution in [0, 0.1) is 0 Å². The second-order valence-electron chi connectivity index (χ2n) is 2.47. The molecule has 1 aromatic rings. The van der Waals surface area contributed by atoms with Gasteiger partial charge in [0.05, 0.1) is 0 Å². The van der Waals surface area contributed by atoms with Crippen molar-refractivity contribution in [2.45, 2.75) is 0 Å². The van der Waals surface area contributed by atoms with Crippen LogP contribution in [0.2, 0.25) is 5.02 Å². The molecular weight excluding hydrogens is 186 g/mol. The van der Waals surface area contributed by atoms with E-state index in [1.807, 2.05) is 18.2 Å². The van der Waals surface area contributed by atoms with Crippen LogP contribution in [-0.4, -0.2) is 13.0 Å². The minimum Gasteiger partial charge on any atom is -0.356 e. The lowest BCUT2D eigenvalue weighted by molar-refractivity contribution is -0.115. The maximum atomic E-state index is 10.9. The second kappa shape index (κ2) is 4.67. The number of likely N-dealkylation sites (N-methyl/N-ethyl adjacent to an activating group) is 1. The van der Waals surface area contributed by atoms with Crippen LogP contribution in [0.5, 0.6) is 0 Å². The first kappa shape index (κ1) is 9.81. The summed E-state index contributed by atoms with van der Waals surface area (Å²) in [5.41, 5.74) is 0.841. The fraction of sp³-hybridized carbons (Fsp3) is 0.100. The molecule has 0 radical (unpaired) electrons. The number of nitrogens with one attached hydrogen (secondary N) is 1. The first-order chi connectivity index (χ1) is 6.24. The highest BCUT2D eigenvalue weighted by molar-refractivity contribution is 6.32. The lowest BCUT2D eigenvalue weighted by atomic mass is 10.2. The van der Waals surface area contributed by atoms with Gasteiger partial charge in [0.25, 0.3) is 0 Å². The molecule has 68 valence electrons. The van der Waals surface area contributed by atoms with Crippen molar-refractivity contribution in [3.8, 4) is 0 Å². The highest BCUT2D eigenvalue weighted by Crippen LogP contribution is 2.15. The number of carbonyl (C=O) groups is 1. The molecule has 0 unspecified atom stereocenters. The minimum absolute atomic E-state index is 0.139. The number of hydrogen-bond donors (Lipinski definition) is 1. The van der Waals surface area contributed by atoms with Gasteiger partial charge in [0.1, 0.15) is 0 Å². The first-order valence-corrected chi connectivity index (χ1v) is 4.26. The molecule has 1 rings (SSSR count). The zero-order valence-electron chi connectivity index (χ0n) is 7.25. The van der Waals surface area contributed by atoms with E-state index < -0.39 is 0 Å². The third kappa shape index (κ3) is 2.92. The molecule has 1 amide bonds. The highest BCUT2D eigenvalue weighted by atomic mass is 35.5. The summed E-state index contributed by atoms with van der Waals surface area (Å²) in [5, 5.41) is 3.13. The molecule has 0 heterocycles. The van der Waals surface area contributed by atoms with Crippen LogP contribution in [0.15, 0.2) is 30.3 Å². The van der Waals surface area contributed by atoms with Crippen molar-refractivity contribution in [2.24, 2.45) is 0 Å². The number of hydrogen-bond acceptors (Lipinski definition) is 1. The summed E-state index contributed by atoms with van der Waals surface area (Å²) < 4.78 is 0. The summed E-state index contributed by atoms with van der Waals surface area (Å²) in [4.78, 5) is 10.9. The van der Waals surface area contributed by atoms with Gasteiger partial charge in [0.2, 0.25) is 5.91 Å². The van der Waals surface area contributed by atoms with E-state index in [0.29, 0.717) is 5.02 Å². The fourth-order valence-corrected chi connectivity index (χ4v) is 1.06. The highest BCUT2D eigenvalue weighted by Gasteiger charge is 1.94. The maximum Gasteiger partial charge on any atom is 0.243 e. The molecular formula is C10H10ClNO. The minimum atomic E-state index is -0.139. The zero-order valence-corrected chi connectivity index (χ0v) is 8.01. The summed E-state index contributed by atoms with van der Waals surface area (Å²) in [6, 6.07) is 7.35. The van der Waals surface area contributed by atoms with E-state index in [1.165, 1.54) is 6.08 Å². The fourth-order valence-electron chi connectivity index (χ4n) is 0.859. The van der Waals surface area contributed by atoms with E-state index in [1.54, 1.807) is 19.2 Å². The van der Waals surface area contributed by atoms with E-state index >= 15 is 0 Å². The van der Waals surface area contributed by atoms with E-state index in [9.17, 15) is 4.79 Å². The third-order valence-corrected chi connectivity index (χ3v) is 1.91.